The number of anilines is 1. The predicted molar refractivity (Wildman–Crippen MR) is 72.6 cm³/mol. The van der Waals surface area contributed by atoms with Gasteiger partial charge in [0.25, 0.3) is 0 Å². The highest BCUT2D eigenvalue weighted by Gasteiger charge is 2.27. The normalized spacial score (nSPS) is 11.3. The lowest BCUT2D eigenvalue weighted by Crippen LogP contribution is -2.11. The standard InChI is InChI=1S/C13H12F3N3S/c14-13(15,16)9-20-12-4-2-1-3-11(12)19-8-10-7-17-5-6-18-10/h1-7,19H,8-9H2. The molecule has 2 rings (SSSR count). The number of rotatable bonds is 5. The van der Waals surface area contributed by atoms with Crippen molar-refractivity contribution in [1.29, 1.82) is 0 Å². The first-order valence-electron chi connectivity index (χ1n) is 5.82. The maximum Gasteiger partial charge on any atom is 0.398 e. The van der Waals surface area contributed by atoms with Crippen LogP contribution in [0, 0.1) is 0 Å². The molecular formula is C13H12F3N3S. The SMILES string of the molecule is FC(F)(F)CSc1ccccc1NCc1cnccn1. The van der Waals surface area contributed by atoms with Crippen molar-refractivity contribution in [2.45, 2.75) is 17.6 Å². The Morgan fingerprint density at radius 1 is 1.15 bits per heavy atom. The van der Waals surface area contributed by atoms with Crippen molar-refractivity contribution in [1.82, 2.24) is 9.97 Å². The molecule has 1 aromatic carbocycles. The average molecular weight is 299 g/mol. The first kappa shape index (κ1) is 14.6. The molecule has 1 heterocycles. The van der Waals surface area contributed by atoms with Crippen molar-refractivity contribution < 1.29 is 13.2 Å². The highest BCUT2D eigenvalue weighted by Crippen LogP contribution is 2.32. The average Bonchev–Trinajstić information content (AvgIpc) is 2.44. The first-order valence-corrected chi connectivity index (χ1v) is 6.80. The van der Waals surface area contributed by atoms with Gasteiger partial charge in [-0.1, -0.05) is 12.1 Å². The molecule has 2 aromatic rings. The lowest BCUT2D eigenvalue weighted by molar-refractivity contribution is -0.105. The van der Waals surface area contributed by atoms with Crippen LogP contribution >= 0.6 is 11.8 Å². The molecule has 0 spiro atoms. The number of para-hydroxylation sites is 1. The molecule has 1 N–H and O–H groups in total. The first-order chi connectivity index (χ1) is 9.54. The Balaban J connectivity index is 2.01. The number of nitrogens with zero attached hydrogens (tertiary/aromatic N) is 2. The molecule has 0 atom stereocenters. The van der Waals surface area contributed by atoms with Crippen molar-refractivity contribution in [2.75, 3.05) is 11.1 Å². The van der Waals surface area contributed by atoms with Gasteiger partial charge in [0.2, 0.25) is 0 Å². The summed E-state index contributed by atoms with van der Waals surface area (Å²) in [5.41, 5.74) is 1.38. The maximum atomic E-state index is 12.3. The third-order valence-corrected chi connectivity index (χ3v) is 3.49. The fraction of sp³-hybridized carbons (Fsp3) is 0.231. The Kier molecular flexibility index (Phi) is 4.84. The van der Waals surface area contributed by atoms with E-state index in [1.807, 2.05) is 0 Å². The molecule has 0 aliphatic heterocycles. The van der Waals surface area contributed by atoms with E-state index in [0.717, 1.165) is 17.5 Å². The number of benzene rings is 1. The van der Waals surface area contributed by atoms with E-state index < -0.39 is 11.9 Å². The van der Waals surface area contributed by atoms with Crippen molar-refractivity contribution in [3.05, 3.63) is 48.5 Å². The van der Waals surface area contributed by atoms with Crippen molar-refractivity contribution in [3.63, 3.8) is 0 Å². The lowest BCUT2D eigenvalue weighted by atomic mass is 10.3. The number of aromatic nitrogens is 2. The number of halogens is 3. The van der Waals surface area contributed by atoms with Crippen molar-refractivity contribution >= 4 is 17.4 Å². The zero-order valence-corrected chi connectivity index (χ0v) is 11.2. The summed E-state index contributed by atoms with van der Waals surface area (Å²) in [7, 11) is 0. The van der Waals surface area contributed by atoms with E-state index in [0.29, 0.717) is 17.1 Å². The van der Waals surface area contributed by atoms with E-state index in [2.05, 4.69) is 15.3 Å². The van der Waals surface area contributed by atoms with E-state index >= 15 is 0 Å². The Bertz CT molecular complexity index is 546. The second-order valence-corrected chi connectivity index (χ2v) is 4.97. The summed E-state index contributed by atoms with van der Waals surface area (Å²) in [6.45, 7) is 0.414. The second kappa shape index (κ2) is 6.60. The van der Waals surface area contributed by atoms with Crippen LogP contribution in [0.1, 0.15) is 5.69 Å². The number of hydrogen-bond donors (Lipinski definition) is 1. The predicted octanol–water partition coefficient (Wildman–Crippen LogP) is 3.74. The lowest BCUT2D eigenvalue weighted by Gasteiger charge is -2.12. The van der Waals surface area contributed by atoms with Crippen molar-refractivity contribution in [3.8, 4) is 0 Å². The van der Waals surface area contributed by atoms with Gasteiger partial charge in [-0.15, -0.1) is 11.8 Å². The number of alkyl halides is 3. The molecule has 0 saturated heterocycles. The molecule has 20 heavy (non-hydrogen) atoms. The van der Waals surface area contributed by atoms with Gasteiger partial charge in [-0.2, -0.15) is 13.2 Å². The Labute approximate surface area is 118 Å². The van der Waals surface area contributed by atoms with Crippen LogP contribution in [0.15, 0.2) is 47.8 Å². The Hall–Kier alpha value is -1.76. The van der Waals surface area contributed by atoms with Gasteiger partial charge in [0.15, 0.2) is 0 Å². The number of hydrogen-bond acceptors (Lipinski definition) is 4. The highest BCUT2D eigenvalue weighted by molar-refractivity contribution is 7.99. The van der Waals surface area contributed by atoms with Crippen LogP contribution in [0.25, 0.3) is 0 Å². The third-order valence-electron chi connectivity index (χ3n) is 2.36. The molecule has 0 aliphatic carbocycles. The topological polar surface area (TPSA) is 37.8 Å². The van der Waals surface area contributed by atoms with E-state index in [4.69, 9.17) is 0 Å². The second-order valence-electron chi connectivity index (χ2n) is 3.95. The van der Waals surface area contributed by atoms with E-state index in [1.54, 1.807) is 42.9 Å². The zero-order valence-electron chi connectivity index (χ0n) is 10.4. The monoisotopic (exact) mass is 299 g/mol. The minimum Gasteiger partial charge on any atom is -0.378 e. The van der Waals surface area contributed by atoms with E-state index in [9.17, 15) is 13.2 Å². The maximum absolute atomic E-state index is 12.3. The summed E-state index contributed by atoms with van der Waals surface area (Å²) in [6.07, 6.45) is 0.569. The number of nitrogens with one attached hydrogen (secondary N) is 1. The van der Waals surface area contributed by atoms with Gasteiger partial charge in [-0.3, -0.25) is 9.97 Å². The van der Waals surface area contributed by atoms with E-state index in [-0.39, 0.29) is 0 Å². The van der Waals surface area contributed by atoms with Gasteiger partial charge in [0, 0.05) is 23.0 Å². The molecule has 0 fully saturated rings. The van der Waals surface area contributed by atoms with Crippen molar-refractivity contribution in [2.24, 2.45) is 0 Å². The van der Waals surface area contributed by atoms with Crippen LogP contribution in [-0.2, 0) is 6.54 Å². The summed E-state index contributed by atoms with van der Waals surface area (Å²) in [5, 5.41) is 3.08. The largest absolute Gasteiger partial charge is 0.398 e. The fourth-order valence-corrected chi connectivity index (χ4v) is 2.29. The minimum atomic E-state index is -4.18. The van der Waals surface area contributed by atoms with Gasteiger partial charge >= 0.3 is 6.18 Å². The van der Waals surface area contributed by atoms with E-state index in [1.165, 1.54) is 0 Å². The summed E-state index contributed by atoms with van der Waals surface area (Å²) in [4.78, 5) is 8.59. The summed E-state index contributed by atoms with van der Waals surface area (Å²) in [5.74, 6) is -0.906. The third kappa shape index (κ3) is 4.73. The molecule has 3 nitrogen and oxygen atoms in total. The van der Waals surface area contributed by atoms with Gasteiger partial charge < -0.3 is 5.32 Å². The molecule has 0 saturated carbocycles. The Morgan fingerprint density at radius 3 is 2.65 bits per heavy atom. The van der Waals surface area contributed by atoms with Gasteiger partial charge in [0.1, 0.15) is 0 Å². The van der Waals surface area contributed by atoms with Crippen LogP contribution in [0.4, 0.5) is 18.9 Å². The molecule has 0 aliphatic rings. The summed E-state index contributed by atoms with van der Waals surface area (Å²) < 4.78 is 36.8. The summed E-state index contributed by atoms with van der Waals surface area (Å²) in [6, 6.07) is 6.90. The highest BCUT2D eigenvalue weighted by atomic mass is 32.2. The Morgan fingerprint density at radius 2 is 1.95 bits per heavy atom. The van der Waals surface area contributed by atoms with Crippen LogP contribution in [0.5, 0.6) is 0 Å². The smallest absolute Gasteiger partial charge is 0.378 e. The van der Waals surface area contributed by atoms with Crippen LogP contribution in [-0.4, -0.2) is 21.9 Å². The summed E-state index contributed by atoms with van der Waals surface area (Å²) >= 11 is 0.766. The quantitative estimate of drug-likeness (QED) is 0.853. The molecular weight excluding hydrogens is 287 g/mol. The molecule has 0 radical (unpaired) electrons. The molecule has 106 valence electrons. The number of thioether (sulfide) groups is 1. The van der Waals surface area contributed by atoms with Gasteiger partial charge in [-0.25, -0.2) is 0 Å². The molecule has 0 amide bonds. The van der Waals surface area contributed by atoms with Crippen LogP contribution in [0.2, 0.25) is 0 Å². The van der Waals surface area contributed by atoms with Crippen LogP contribution in [0.3, 0.4) is 0 Å². The molecule has 7 heteroatoms. The fourth-order valence-electron chi connectivity index (χ4n) is 1.51. The zero-order chi connectivity index (χ0) is 14.4. The molecule has 1 aromatic heterocycles. The van der Waals surface area contributed by atoms with Crippen LogP contribution < -0.4 is 5.32 Å². The minimum absolute atomic E-state index is 0.414. The van der Waals surface area contributed by atoms with Gasteiger partial charge in [0.05, 0.1) is 24.2 Å². The molecule has 0 unspecified atom stereocenters. The molecule has 0 bridgehead atoms. The van der Waals surface area contributed by atoms with Gasteiger partial charge in [-0.05, 0) is 12.1 Å².